The predicted molar refractivity (Wildman–Crippen MR) is 72.5 cm³/mol. The maximum atomic E-state index is 11.8. The summed E-state index contributed by atoms with van der Waals surface area (Å²) in [5.41, 5.74) is -0.0492. The number of carbonyl (C=O) groups excluding carboxylic acids is 1. The number of esters is 1. The molecule has 0 radical (unpaired) electrons. The van der Waals surface area contributed by atoms with Gasteiger partial charge in [0, 0.05) is 18.0 Å². The quantitative estimate of drug-likeness (QED) is 0.839. The van der Waals surface area contributed by atoms with Crippen LogP contribution in [0.25, 0.3) is 10.9 Å². The van der Waals surface area contributed by atoms with Gasteiger partial charge in [-0.3, -0.25) is 4.98 Å². The number of nitrogens with zero attached hydrogens (tertiary/aromatic N) is 1. The minimum atomic E-state index is -1.62. The average Bonchev–Trinajstić information content (AvgIpc) is 2.45. The molecule has 20 heavy (non-hydrogen) atoms. The van der Waals surface area contributed by atoms with E-state index in [2.05, 4.69) is 4.98 Å². The SMILES string of the molecule is CCOC(=O)C1(O)COc2cc3cccnc3cc2C1. The molecule has 2 heterocycles. The Balaban J connectivity index is 1.98. The highest BCUT2D eigenvalue weighted by atomic mass is 16.6. The van der Waals surface area contributed by atoms with Crippen molar-refractivity contribution < 1.29 is 19.4 Å². The molecule has 1 unspecified atom stereocenters. The molecule has 0 saturated carbocycles. The van der Waals surface area contributed by atoms with Crippen molar-refractivity contribution in [3.05, 3.63) is 36.0 Å². The molecular formula is C15H15NO4. The highest BCUT2D eigenvalue weighted by Gasteiger charge is 2.42. The summed E-state index contributed by atoms with van der Waals surface area (Å²) in [7, 11) is 0. The molecule has 1 atom stereocenters. The number of hydrogen-bond acceptors (Lipinski definition) is 5. The summed E-state index contributed by atoms with van der Waals surface area (Å²) in [5, 5.41) is 11.3. The molecule has 0 fully saturated rings. The summed E-state index contributed by atoms with van der Waals surface area (Å²) in [6.45, 7) is 1.84. The second-order valence-electron chi connectivity index (χ2n) is 4.87. The van der Waals surface area contributed by atoms with Crippen molar-refractivity contribution in [2.75, 3.05) is 13.2 Å². The molecule has 104 valence electrons. The topological polar surface area (TPSA) is 68.7 Å². The van der Waals surface area contributed by atoms with Crippen LogP contribution in [0, 0.1) is 0 Å². The van der Waals surface area contributed by atoms with Gasteiger partial charge in [0.05, 0.1) is 12.1 Å². The third-order valence-electron chi connectivity index (χ3n) is 3.39. The molecule has 0 saturated heterocycles. The molecule has 0 aliphatic carbocycles. The molecule has 1 aromatic carbocycles. The average molecular weight is 273 g/mol. The second kappa shape index (κ2) is 4.76. The van der Waals surface area contributed by atoms with Gasteiger partial charge in [-0.2, -0.15) is 0 Å². The number of hydrogen-bond donors (Lipinski definition) is 1. The number of pyridine rings is 1. The fourth-order valence-corrected chi connectivity index (χ4v) is 2.37. The van der Waals surface area contributed by atoms with Crippen molar-refractivity contribution in [1.82, 2.24) is 4.98 Å². The highest BCUT2D eigenvalue weighted by Crippen LogP contribution is 2.33. The first-order valence-corrected chi connectivity index (χ1v) is 6.52. The van der Waals surface area contributed by atoms with Crippen LogP contribution in [-0.4, -0.2) is 34.9 Å². The van der Waals surface area contributed by atoms with Crippen molar-refractivity contribution in [2.45, 2.75) is 18.9 Å². The summed E-state index contributed by atoms with van der Waals surface area (Å²) in [4.78, 5) is 16.1. The van der Waals surface area contributed by atoms with Gasteiger partial charge < -0.3 is 14.6 Å². The van der Waals surface area contributed by atoms with E-state index in [0.717, 1.165) is 16.5 Å². The number of carbonyl (C=O) groups is 1. The lowest BCUT2D eigenvalue weighted by Crippen LogP contribution is -2.49. The van der Waals surface area contributed by atoms with E-state index >= 15 is 0 Å². The zero-order valence-electron chi connectivity index (χ0n) is 11.1. The van der Waals surface area contributed by atoms with Gasteiger partial charge in [0.1, 0.15) is 12.4 Å². The third-order valence-corrected chi connectivity index (χ3v) is 3.39. The van der Waals surface area contributed by atoms with E-state index in [-0.39, 0.29) is 19.6 Å². The molecular weight excluding hydrogens is 258 g/mol. The van der Waals surface area contributed by atoms with Crippen molar-refractivity contribution in [3.63, 3.8) is 0 Å². The molecule has 3 rings (SSSR count). The van der Waals surface area contributed by atoms with Crippen LogP contribution in [0.4, 0.5) is 0 Å². The van der Waals surface area contributed by atoms with E-state index < -0.39 is 11.6 Å². The van der Waals surface area contributed by atoms with Gasteiger partial charge in [0.15, 0.2) is 5.60 Å². The van der Waals surface area contributed by atoms with Crippen LogP contribution < -0.4 is 4.74 Å². The predicted octanol–water partition coefficient (Wildman–Crippen LogP) is 1.46. The van der Waals surface area contributed by atoms with Crippen molar-refractivity contribution >= 4 is 16.9 Å². The first kappa shape index (κ1) is 12.9. The minimum absolute atomic E-state index is 0.0927. The lowest BCUT2D eigenvalue weighted by Gasteiger charge is -2.31. The normalized spacial score (nSPS) is 21.1. The van der Waals surface area contributed by atoms with E-state index in [0.29, 0.717) is 5.75 Å². The Morgan fingerprint density at radius 1 is 1.55 bits per heavy atom. The smallest absolute Gasteiger partial charge is 0.342 e. The molecule has 0 amide bonds. The molecule has 5 nitrogen and oxygen atoms in total. The molecule has 1 aromatic heterocycles. The summed E-state index contributed by atoms with van der Waals surface area (Å²) in [5.74, 6) is 0.0336. The number of ether oxygens (including phenoxy) is 2. The van der Waals surface area contributed by atoms with Crippen LogP contribution in [0.2, 0.25) is 0 Å². The number of aromatic nitrogens is 1. The largest absolute Gasteiger partial charge is 0.490 e. The van der Waals surface area contributed by atoms with Gasteiger partial charge in [-0.05, 0) is 30.7 Å². The van der Waals surface area contributed by atoms with Gasteiger partial charge >= 0.3 is 5.97 Å². The molecule has 1 N–H and O–H groups in total. The highest BCUT2D eigenvalue weighted by molar-refractivity contribution is 5.84. The van der Waals surface area contributed by atoms with Crippen molar-refractivity contribution in [3.8, 4) is 5.75 Å². The van der Waals surface area contributed by atoms with Crippen molar-refractivity contribution in [1.29, 1.82) is 0 Å². The Morgan fingerprint density at radius 2 is 2.40 bits per heavy atom. The van der Waals surface area contributed by atoms with Gasteiger partial charge in [-0.25, -0.2) is 4.79 Å². The maximum absolute atomic E-state index is 11.8. The fraction of sp³-hybridized carbons (Fsp3) is 0.333. The van der Waals surface area contributed by atoms with Crippen molar-refractivity contribution in [2.24, 2.45) is 0 Å². The van der Waals surface area contributed by atoms with Gasteiger partial charge in [0.2, 0.25) is 0 Å². The summed E-state index contributed by atoms with van der Waals surface area (Å²) in [6.07, 6.45) is 1.88. The van der Waals surface area contributed by atoms with Crippen LogP contribution in [-0.2, 0) is 16.0 Å². The Bertz CT molecular complexity index is 670. The van der Waals surface area contributed by atoms with E-state index in [1.165, 1.54) is 0 Å². The minimum Gasteiger partial charge on any atom is -0.490 e. The summed E-state index contributed by atoms with van der Waals surface area (Å²) in [6, 6.07) is 7.51. The monoisotopic (exact) mass is 273 g/mol. The zero-order valence-corrected chi connectivity index (χ0v) is 11.1. The number of rotatable bonds is 2. The van der Waals surface area contributed by atoms with E-state index in [1.54, 1.807) is 13.1 Å². The summed E-state index contributed by atoms with van der Waals surface area (Å²) < 4.78 is 10.4. The summed E-state index contributed by atoms with van der Waals surface area (Å²) >= 11 is 0. The molecule has 2 aromatic rings. The standard InChI is InChI=1S/C15H15NO4/c1-2-19-14(17)15(18)8-11-6-12-10(4-3-5-16-12)7-13(11)20-9-15/h3-7,18H,2,8-9H2,1H3. The Labute approximate surface area is 116 Å². The molecule has 0 spiro atoms. The van der Waals surface area contributed by atoms with Gasteiger partial charge in [-0.1, -0.05) is 6.07 Å². The maximum Gasteiger partial charge on any atom is 0.342 e. The van der Waals surface area contributed by atoms with Crippen LogP contribution in [0.1, 0.15) is 12.5 Å². The molecule has 1 aliphatic rings. The van der Waals surface area contributed by atoms with Gasteiger partial charge in [0.25, 0.3) is 0 Å². The first-order valence-electron chi connectivity index (χ1n) is 6.52. The number of fused-ring (bicyclic) bond motifs is 2. The second-order valence-corrected chi connectivity index (χ2v) is 4.87. The lowest BCUT2D eigenvalue weighted by atomic mass is 9.91. The van der Waals surface area contributed by atoms with Crippen LogP contribution in [0.15, 0.2) is 30.5 Å². The van der Waals surface area contributed by atoms with E-state index in [4.69, 9.17) is 9.47 Å². The Hall–Kier alpha value is -2.14. The first-order chi connectivity index (χ1) is 9.62. The van der Waals surface area contributed by atoms with E-state index in [1.807, 2.05) is 24.3 Å². The van der Waals surface area contributed by atoms with Gasteiger partial charge in [-0.15, -0.1) is 0 Å². The van der Waals surface area contributed by atoms with E-state index in [9.17, 15) is 9.90 Å². The van der Waals surface area contributed by atoms with Crippen LogP contribution >= 0.6 is 0 Å². The number of benzene rings is 1. The van der Waals surface area contributed by atoms with Crippen LogP contribution in [0.3, 0.4) is 0 Å². The zero-order chi connectivity index (χ0) is 14.2. The molecule has 0 bridgehead atoms. The fourth-order valence-electron chi connectivity index (χ4n) is 2.37. The molecule has 1 aliphatic heterocycles. The Morgan fingerprint density at radius 3 is 3.20 bits per heavy atom. The van der Waals surface area contributed by atoms with Crippen LogP contribution in [0.5, 0.6) is 5.75 Å². The molecule has 5 heteroatoms. The lowest BCUT2D eigenvalue weighted by molar-refractivity contribution is -0.169. The Kier molecular flexibility index (Phi) is 3.06. The third kappa shape index (κ3) is 2.10. The number of aliphatic hydroxyl groups is 1.